The Balaban J connectivity index is 1.79. The molecule has 0 fully saturated rings. The van der Waals surface area contributed by atoms with Gasteiger partial charge < -0.3 is 15.0 Å². The lowest BCUT2D eigenvalue weighted by atomic mass is 10.0. The van der Waals surface area contributed by atoms with Crippen molar-refractivity contribution in [3.05, 3.63) is 100 Å². The first-order chi connectivity index (χ1) is 17.0. The highest BCUT2D eigenvalue weighted by Gasteiger charge is 2.30. The van der Waals surface area contributed by atoms with Gasteiger partial charge >= 0.3 is 0 Å². The Morgan fingerprint density at radius 2 is 1.60 bits per heavy atom. The number of amides is 2. The number of benzene rings is 3. The first-order valence-electron chi connectivity index (χ1n) is 11.7. The van der Waals surface area contributed by atoms with E-state index in [4.69, 9.17) is 27.9 Å². The van der Waals surface area contributed by atoms with Crippen LogP contribution in [0.25, 0.3) is 0 Å². The molecule has 0 aromatic heterocycles. The number of likely N-dealkylation sites (N-methyl/N-ethyl adjacent to an activating group) is 1. The quantitative estimate of drug-likeness (QED) is 0.306. The van der Waals surface area contributed by atoms with Crippen molar-refractivity contribution in [2.75, 3.05) is 13.2 Å². The van der Waals surface area contributed by atoms with Crippen molar-refractivity contribution in [3.8, 4) is 5.75 Å². The van der Waals surface area contributed by atoms with E-state index in [9.17, 15) is 9.59 Å². The van der Waals surface area contributed by atoms with Crippen molar-refractivity contribution < 1.29 is 14.3 Å². The maximum atomic E-state index is 13.5. The monoisotopic (exact) mass is 512 g/mol. The van der Waals surface area contributed by atoms with Gasteiger partial charge in [0, 0.05) is 25.9 Å². The fraction of sp³-hybridized carbons (Fsp3) is 0.286. The Kier molecular flexibility index (Phi) is 10.5. The zero-order valence-corrected chi connectivity index (χ0v) is 21.3. The van der Waals surface area contributed by atoms with E-state index in [1.54, 1.807) is 17.0 Å². The minimum Gasteiger partial charge on any atom is -0.494 e. The van der Waals surface area contributed by atoms with E-state index in [2.05, 4.69) is 5.32 Å². The predicted molar refractivity (Wildman–Crippen MR) is 141 cm³/mol. The molecule has 0 unspecified atom stereocenters. The Morgan fingerprint density at radius 1 is 0.914 bits per heavy atom. The zero-order valence-electron chi connectivity index (χ0n) is 19.8. The zero-order chi connectivity index (χ0) is 25.0. The maximum Gasteiger partial charge on any atom is 0.243 e. The molecule has 35 heavy (non-hydrogen) atoms. The number of carbonyl (C=O) groups is 2. The number of hydrogen-bond acceptors (Lipinski definition) is 3. The molecule has 5 nitrogen and oxygen atoms in total. The Labute approximate surface area is 217 Å². The van der Waals surface area contributed by atoms with Crippen LogP contribution in [0.4, 0.5) is 0 Å². The van der Waals surface area contributed by atoms with Gasteiger partial charge in [0.2, 0.25) is 11.8 Å². The highest BCUT2D eigenvalue weighted by atomic mass is 35.5. The van der Waals surface area contributed by atoms with E-state index in [-0.39, 0.29) is 24.8 Å². The molecule has 0 saturated carbocycles. The second kappa shape index (κ2) is 13.8. The highest BCUT2D eigenvalue weighted by Crippen LogP contribution is 2.24. The van der Waals surface area contributed by atoms with Gasteiger partial charge in [-0.25, -0.2) is 0 Å². The third-order valence-corrected chi connectivity index (χ3v) is 6.24. The second-order valence-electron chi connectivity index (χ2n) is 8.14. The molecule has 1 atom stereocenters. The van der Waals surface area contributed by atoms with E-state index in [1.807, 2.05) is 73.7 Å². The lowest BCUT2D eigenvalue weighted by molar-refractivity contribution is -0.141. The molecule has 0 aliphatic rings. The summed E-state index contributed by atoms with van der Waals surface area (Å²) in [4.78, 5) is 28.3. The molecule has 0 aliphatic heterocycles. The fourth-order valence-corrected chi connectivity index (χ4v) is 4.08. The molecule has 0 aliphatic carbocycles. The molecule has 1 N–H and O–H groups in total. The largest absolute Gasteiger partial charge is 0.494 e. The van der Waals surface area contributed by atoms with Crippen molar-refractivity contribution >= 4 is 35.0 Å². The van der Waals surface area contributed by atoms with Gasteiger partial charge in [0.15, 0.2) is 0 Å². The normalized spacial score (nSPS) is 11.5. The summed E-state index contributed by atoms with van der Waals surface area (Å²) in [6.45, 7) is 2.98. The number of rotatable bonds is 12. The highest BCUT2D eigenvalue weighted by molar-refractivity contribution is 6.42. The number of para-hydroxylation sites is 1. The predicted octanol–water partition coefficient (Wildman–Crippen LogP) is 5.93. The fourth-order valence-electron chi connectivity index (χ4n) is 3.75. The lowest BCUT2D eigenvalue weighted by Gasteiger charge is -2.31. The molecule has 3 aromatic carbocycles. The molecule has 0 saturated heterocycles. The molecule has 0 heterocycles. The van der Waals surface area contributed by atoms with Crippen LogP contribution in [0.5, 0.6) is 5.75 Å². The number of nitrogens with one attached hydrogen (secondary N) is 1. The van der Waals surface area contributed by atoms with Crippen molar-refractivity contribution in [1.29, 1.82) is 0 Å². The van der Waals surface area contributed by atoms with Crippen LogP contribution in [-0.4, -0.2) is 35.9 Å². The second-order valence-corrected chi connectivity index (χ2v) is 8.95. The molecular weight excluding hydrogens is 483 g/mol. The third-order valence-electron chi connectivity index (χ3n) is 5.51. The Morgan fingerprint density at radius 3 is 2.26 bits per heavy atom. The van der Waals surface area contributed by atoms with Crippen molar-refractivity contribution in [2.24, 2.45) is 0 Å². The van der Waals surface area contributed by atoms with Gasteiger partial charge in [-0.3, -0.25) is 9.59 Å². The van der Waals surface area contributed by atoms with Gasteiger partial charge in [0.25, 0.3) is 0 Å². The Bertz CT molecular complexity index is 1090. The summed E-state index contributed by atoms with van der Waals surface area (Å²) in [5.74, 6) is 0.446. The molecular formula is C28H30Cl2N2O3. The van der Waals surface area contributed by atoms with E-state index in [0.29, 0.717) is 36.0 Å². The van der Waals surface area contributed by atoms with Crippen LogP contribution in [0.1, 0.15) is 30.9 Å². The molecule has 184 valence electrons. The van der Waals surface area contributed by atoms with Crippen LogP contribution < -0.4 is 10.1 Å². The molecule has 3 rings (SSSR count). The van der Waals surface area contributed by atoms with Gasteiger partial charge in [-0.2, -0.15) is 0 Å². The number of hydrogen-bond donors (Lipinski definition) is 1. The number of carbonyl (C=O) groups excluding carboxylic acids is 2. The summed E-state index contributed by atoms with van der Waals surface area (Å²) in [5.41, 5.74) is 1.78. The summed E-state index contributed by atoms with van der Waals surface area (Å²) in [7, 11) is 0. The molecule has 7 heteroatoms. The molecule has 0 spiro atoms. The van der Waals surface area contributed by atoms with E-state index < -0.39 is 6.04 Å². The number of halogens is 2. The standard InChI is InChI=1S/C28H30Cl2N2O3/c1-2-31-28(34)26(19-21-10-5-3-6-11-21)32(20-22-15-16-24(29)25(30)18-22)27(33)14-9-17-35-23-12-7-4-8-13-23/h3-8,10-13,15-16,18,26H,2,9,14,17,19-20H2,1H3,(H,31,34)/t26-/m1/s1. The van der Waals surface area contributed by atoms with Gasteiger partial charge in [0.1, 0.15) is 11.8 Å². The van der Waals surface area contributed by atoms with Crippen LogP contribution in [0.2, 0.25) is 10.0 Å². The summed E-state index contributed by atoms with van der Waals surface area (Å²) >= 11 is 12.3. The summed E-state index contributed by atoms with van der Waals surface area (Å²) in [5, 5.41) is 3.74. The molecule has 0 radical (unpaired) electrons. The first-order valence-corrected chi connectivity index (χ1v) is 12.5. The van der Waals surface area contributed by atoms with Crippen molar-refractivity contribution in [2.45, 2.75) is 38.8 Å². The molecule has 0 bridgehead atoms. The topological polar surface area (TPSA) is 58.6 Å². The molecule has 2 amide bonds. The van der Waals surface area contributed by atoms with Crippen molar-refractivity contribution in [3.63, 3.8) is 0 Å². The van der Waals surface area contributed by atoms with E-state index in [1.165, 1.54) is 0 Å². The number of ether oxygens (including phenoxy) is 1. The van der Waals surface area contributed by atoms with Crippen molar-refractivity contribution in [1.82, 2.24) is 10.2 Å². The third kappa shape index (κ3) is 8.30. The minimum atomic E-state index is -0.672. The van der Waals surface area contributed by atoms with Crippen LogP contribution >= 0.6 is 23.2 Å². The lowest BCUT2D eigenvalue weighted by Crippen LogP contribution is -2.50. The van der Waals surface area contributed by atoms with Crippen LogP contribution in [0.15, 0.2) is 78.9 Å². The molecule has 3 aromatic rings. The smallest absolute Gasteiger partial charge is 0.243 e. The van der Waals surface area contributed by atoms with Gasteiger partial charge in [-0.1, -0.05) is 77.8 Å². The Hall–Kier alpha value is -3.02. The summed E-state index contributed by atoms with van der Waals surface area (Å²) < 4.78 is 5.74. The maximum absolute atomic E-state index is 13.5. The summed E-state index contributed by atoms with van der Waals surface area (Å²) in [6, 6.07) is 23.8. The first kappa shape index (κ1) is 26.6. The summed E-state index contributed by atoms with van der Waals surface area (Å²) in [6.07, 6.45) is 1.18. The SMILES string of the molecule is CCNC(=O)[C@@H](Cc1ccccc1)N(Cc1ccc(Cl)c(Cl)c1)C(=O)CCCOc1ccccc1. The minimum absolute atomic E-state index is 0.125. The van der Waals surface area contributed by atoms with Gasteiger partial charge in [-0.05, 0) is 48.7 Å². The van der Waals surface area contributed by atoms with Crippen LogP contribution in [0.3, 0.4) is 0 Å². The van der Waals surface area contributed by atoms with Crippen LogP contribution in [-0.2, 0) is 22.6 Å². The van der Waals surface area contributed by atoms with Crippen LogP contribution in [0, 0.1) is 0 Å². The van der Waals surface area contributed by atoms with E-state index in [0.717, 1.165) is 16.9 Å². The number of nitrogens with zero attached hydrogens (tertiary/aromatic N) is 1. The average Bonchev–Trinajstić information content (AvgIpc) is 2.87. The van der Waals surface area contributed by atoms with Gasteiger partial charge in [0.05, 0.1) is 16.7 Å². The average molecular weight is 513 g/mol. The van der Waals surface area contributed by atoms with E-state index >= 15 is 0 Å². The van der Waals surface area contributed by atoms with Gasteiger partial charge in [-0.15, -0.1) is 0 Å².